The number of benzene rings is 1. The van der Waals surface area contributed by atoms with Gasteiger partial charge >= 0.3 is 0 Å². The van der Waals surface area contributed by atoms with E-state index in [1.165, 1.54) is 16.5 Å². The summed E-state index contributed by atoms with van der Waals surface area (Å²) in [5.41, 5.74) is 3.60. The molecule has 1 aromatic carbocycles. The van der Waals surface area contributed by atoms with Crippen LogP contribution in [-0.2, 0) is 6.42 Å². The van der Waals surface area contributed by atoms with Gasteiger partial charge in [-0.15, -0.1) is 0 Å². The molecule has 0 aliphatic heterocycles. The van der Waals surface area contributed by atoms with E-state index >= 15 is 0 Å². The number of fused-ring (bicyclic) bond motifs is 1. The topological polar surface area (TPSA) is 37.9 Å². The number of nitrogens with one attached hydrogen (secondary N) is 1. The van der Waals surface area contributed by atoms with Gasteiger partial charge in [0.2, 0.25) is 0 Å². The van der Waals surface area contributed by atoms with Crippen LogP contribution in [0.15, 0.2) is 48.9 Å². The van der Waals surface area contributed by atoms with Gasteiger partial charge in [-0.05, 0) is 23.3 Å². The van der Waals surface area contributed by atoms with Gasteiger partial charge in [0.05, 0.1) is 13.3 Å². The quantitative estimate of drug-likeness (QED) is 0.761. The minimum absolute atomic E-state index is 0.798. The van der Waals surface area contributed by atoms with Crippen LogP contribution in [0.4, 0.5) is 0 Å². The van der Waals surface area contributed by atoms with Crippen LogP contribution in [0.25, 0.3) is 10.9 Å². The van der Waals surface area contributed by atoms with Gasteiger partial charge in [0.15, 0.2) is 0 Å². The van der Waals surface area contributed by atoms with Crippen molar-refractivity contribution in [2.24, 2.45) is 0 Å². The minimum Gasteiger partial charge on any atom is -0.495 e. The van der Waals surface area contributed by atoms with E-state index in [0.717, 1.165) is 17.7 Å². The normalized spacial score (nSPS) is 10.7. The summed E-state index contributed by atoms with van der Waals surface area (Å²) in [6.07, 6.45) is 6.52. The molecule has 1 N–H and O–H groups in total. The van der Waals surface area contributed by atoms with E-state index in [4.69, 9.17) is 4.74 Å². The van der Waals surface area contributed by atoms with Crippen LogP contribution in [0.1, 0.15) is 11.1 Å². The van der Waals surface area contributed by atoms with E-state index < -0.39 is 0 Å². The van der Waals surface area contributed by atoms with E-state index in [0.29, 0.717) is 0 Å². The molecule has 0 unspecified atom stereocenters. The SMILES string of the molecule is COc1cncc(Cc2c[nH]c3ccccc23)c1. The van der Waals surface area contributed by atoms with Crippen LogP contribution in [0.5, 0.6) is 5.75 Å². The largest absolute Gasteiger partial charge is 0.495 e. The molecule has 0 atom stereocenters. The molecule has 0 fully saturated rings. The highest BCUT2D eigenvalue weighted by molar-refractivity contribution is 5.83. The maximum absolute atomic E-state index is 5.19. The molecule has 3 nitrogen and oxygen atoms in total. The predicted molar refractivity (Wildman–Crippen MR) is 71.9 cm³/mol. The van der Waals surface area contributed by atoms with Gasteiger partial charge in [-0.2, -0.15) is 0 Å². The number of aromatic amines is 1. The predicted octanol–water partition coefficient (Wildman–Crippen LogP) is 3.16. The van der Waals surface area contributed by atoms with Gasteiger partial charge in [0.25, 0.3) is 0 Å². The first-order valence-corrected chi connectivity index (χ1v) is 5.90. The van der Waals surface area contributed by atoms with E-state index in [1.54, 1.807) is 13.3 Å². The van der Waals surface area contributed by atoms with Crippen LogP contribution >= 0.6 is 0 Å². The number of para-hydroxylation sites is 1. The molecular weight excluding hydrogens is 224 g/mol. The maximum atomic E-state index is 5.19. The number of ether oxygens (including phenoxy) is 1. The Morgan fingerprint density at radius 1 is 1.22 bits per heavy atom. The van der Waals surface area contributed by atoms with Crippen LogP contribution in [-0.4, -0.2) is 17.1 Å². The second-order valence-corrected chi connectivity index (χ2v) is 4.27. The van der Waals surface area contributed by atoms with Crippen LogP contribution in [0.2, 0.25) is 0 Å². The highest BCUT2D eigenvalue weighted by Gasteiger charge is 2.04. The Bertz CT molecular complexity index is 673. The Balaban J connectivity index is 1.96. The van der Waals surface area contributed by atoms with Gasteiger partial charge in [-0.25, -0.2) is 0 Å². The Labute approximate surface area is 105 Å². The molecule has 0 saturated carbocycles. The molecule has 0 bridgehead atoms. The molecule has 3 rings (SSSR count). The number of H-pyrrole nitrogens is 1. The van der Waals surface area contributed by atoms with Crippen LogP contribution < -0.4 is 4.74 Å². The number of aromatic nitrogens is 2. The van der Waals surface area contributed by atoms with Crippen molar-refractivity contribution >= 4 is 10.9 Å². The Hall–Kier alpha value is -2.29. The first-order chi connectivity index (χ1) is 8.86. The lowest BCUT2D eigenvalue weighted by Crippen LogP contribution is -1.90. The van der Waals surface area contributed by atoms with Crippen molar-refractivity contribution in [1.29, 1.82) is 0 Å². The zero-order chi connectivity index (χ0) is 12.4. The summed E-state index contributed by atoms with van der Waals surface area (Å²) < 4.78 is 5.19. The van der Waals surface area contributed by atoms with E-state index in [-0.39, 0.29) is 0 Å². The molecule has 0 spiro atoms. The number of rotatable bonds is 3. The summed E-state index contributed by atoms with van der Waals surface area (Å²) in [5, 5.41) is 1.26. The molecule has 0 aliphatic rings. The molecule has 2 aromatic heterocycles. The number of nitrogens with zero attached hydrogens (tertiary/aromatic N) is 1. The molecule has 0 radical (unpaired) electrons. The lowest BCUT2D eigenvalue weighted by Gasteiger charge is -2.03. The van der Waals surface area contributed by atoms with E-state index in [9.17, 15) is 0 Å². The third kappa shape index (κ3) is 1.95. The Morgan fingerprint density at radius 2 is 2.11 bits per heavy atom. The Kier molecular flexibility index (Phi) is 2.73. The van der Waals surface area contributed by atoms with Crippen molar-refractivity contribution in [2.45, 2.75) is 6.42 Å². The van der Waals surface area contributed by atoms with Gasteiger partial charge in [0.1, 0.15) is 5.75 Å². The molecule has 2 heterocycles. The fraction of sp³-hybridized carbons (Fsp3) is 0.133. The monoisotopic (exact) mass is 238 g/mol. The second-order valence-electron chi connectivity index (χ2n) is 4.27. The van der Waals surface area contributed by atoms with Crippen molar-refractivity contribution < 1.29 is 4.74 Å². The van der Waals surface area contributed by atoms with Gasteiger partial charge in [0, 0.05) is 29.7 Å². The lowest BCUT2D eigenvalue weighted by molar-refractivity contribution is 0.412. The smallest absolute Gasteiger partial charge is 0.137 e. The minimum atomic E-state index is 0.798. The fourth-order valence-electron chi connectivity index (χ4n) is 2.17. The van der Waals surface area contributed by atoms with E-state index in [1.807, 2.05) is 18.3 Å². The highest BCUT2D eigenvalue weighted by Crippen LogP contribution is 2.21. The highest BCUT2D eigenvalue weighted by atomic mass is 16.5. The maximum Gasteiger partial charge on any atom is 0.137 e. The van der Waals surface area contributed by atoms with Gasteiger partial charge in [-0.3, -0.25) is 4.98 Å². The third-order valence-corrected chi connectivity index (χ3v) is 3.07. The third-order valence-electron chi connectivity index (χ3n) is 3.07. The van der Waals surface area contributed by atoms with Crippen molar-refractivity contribution in [2.75, 3.05) is 7.11 Å². The lowest BCUT2D eigenvalue weighted by atomic mass is 10.1. The summed E-state index contributed by atoms with van der Waals surface area (Å²) in [7, 11) is 1.66. The molecule has 0 aliphatic carbocycles. The van der Waals surface area contributed by atoms with Crippen molar-refractivity contribution in [3.05, 3.63) is 60.0 Å². The van der Waals surface area contributed by atoms with Crippen molar-refractivity contribution in [3.8, 4) is 5.75 Å². The zero-order valence-corrected chi connectivity index (χ0v) is 10.2. The van der Waals surface area contributed by atoms with Crippen LogP contribution in [0.3, 0.4) is 0 Å². The number of hydrogen-bond acceptors (Lipinski definition) is 2. The summed E-state index contributed by atoms with van der Waals surface area (Å²) in [6.45, 7) is 0. The average Bonchev–Trinajstić information content (AvgIpc) is 2.83. The molecule has 0 amide bonds. The summed E-state index contributed by atoms with van der Waals surface area (Å²) >= 11 is 0. The summed E-state index contributed by atoms with van der Waals surface area (Å²) in [5.74, 6) is 0.798. The average molecular weight is 238 g/mol. The number of methoxy groups -OCH3 is 1. The Morgan fingerprint density at radius 3 is 3.00 bits per heavy atom. The first kappa shape index (κ1) is 10.8. The standard InChI is InChI=1S/C15H14N2O/c1-18-13-7-11(8-16-10-13)6-12-9-17-15-5-3-2-4-14(12)15/h2-5,7-10,17H,6H2,1H3. The zero-order valence-electron chi connectivity index (χ0n) is 10.2. The molecule has 0 saturated heterocycles. The molecule has 90 valence electrons. The van der Waals surface area contributed by atoms with Crippen molar-refractivity contribution in [1.82, 2.24) is 9.97 Å². The molecule has 3 aromatic rings. The molecular formula is C15H14N2O. The molecule has 3 heteroatoms. The number of pyridine rings is 1. The van der Waals surface area contributed by atoms with Gasteiger partial charge in [-0.1, -0.05) is 18.2 Å². The number of hydrogen-bond donors (Lipinski definition) is 1. The fourth-order valence-corrected chi connectivity index (χ4v) is 2.17. The summed E-state index contributed by atoms with van der Waals surface area (Å²) in [4.78, 5) is 7.47. The van der Waals surface area contributed by atoms with Crippen molar-refractivity contribution in [3.63, 3.8) is 0 Å². The molecule has 18 heavy (non-hydrogen) atoms. The first-order valence-electron chi connectivity index (χ1n) is 5.90. The second kappa shape index (κ2) is 4.53. The van der Waals surface area contributed by atoms with Gasteiger partial charge < -0.3 is 9.72 Å². The van der Waals surface area contributed by atoms with E-state index in [2.05, 4.69) is 34.4 Å². The van der Waals surface area contributed by atoms with Crippen LogP contribution in [0, 0.1) is 0 Å². The summed E-state index contributed by atoms with van der Waals surface area (Å²) in [6, 6.07) is 10.3.